The third-order valence-corrected chi connectivity index (χ3v) is 4.69. The lowest BCUT2D eigenvalue weighted by molar-refractivity contribution is -0.133. The van der Waals surface area contributed by atoms with Crippen LogP contribution in [0.15, 0.2) is 30.3 Å². The smallest absolute Gasteiger partial charge is 0.222 e. The number of amides is 1. The van der Waals surface area contributed by atoms with Crippen molar-refractivity contribution in [3.05, 3.63) is 35.9 Å². The molecular weight excluding hydrogens is 373 g/mol. The summed E-state index contributed by atoms with van der Waals surface area (Å²) in [6.07, 6.45) is 4.41. The van der Waals surface area contributed by atoms with Gasteiger partial charge in [0.15, 0.2) is 0 Å². The maximum absolute atomic E-state index is 12.2. The number of nitrogens with two attached hydrogens (primary N) is 1. The topological polar surface area (TPSA) is 69.8 Å². The highest BCUT2D eigenvalue weighted by atomic mass is 35.5. The van der Waals surface area contributed by atoms with Gasteiger partial charge in [0.2, 0.25) is 5.91 Å². The Bertz CT molecular complexity index is 483. The number of unbranched alkanes of at least 4 members (excludes halogenated alkanes) is 3. The summed E-state index contributed by atoms with van der Waals surface area (Å²) in [6, 6.07) is 9.76. The summed E-state index contributed by atoms with van der Waals surface area (Å²) in [5, 5.41) is 10.3. The molecule has 26 heavy (non-hydrogen) atoms. The molecule has 1 aromatic rings. The minimum absolute atomic E-state index is 0. The van der Waals surface area contributed by atoms with Crippen molar-refractivity contribution in [2.75, 3.05) is 39.3 Å². The van der Waals surface area contributed by atoms with Crippen molar-refractivity contribution in [1.82, 2.24) is 9.80 Å². The van der Waals surface area contributed by atoms with E-state index in [9.17, 15) is 9.90 Å². The zero-order valence-corrected chi connectivity index (χ0v) is 17.0. The van der Waals surface area contributed by atoms with Crippen molar-refractivity contribution < 1.29 is 9.90 Å². The average molecular weight is 406 g/mol. The molecule has 1 amide bonds. The molecule has 0 radical (unpaired) electrons. The van der Waals surface area contributed by atoms with Crippen molar-refractivity contribution in [1.29, 1.82) is 0 Å². The Balaban J connectivity index is 0.00000312. The lowest BCUT2D eigenvalue weighted by Crippen LogP contribution is -2.49. The molecule has 0 spiro atoms. The van der Waals surface area contributed by atoms with Gasteiger partial charge in [-0.3, -0.25) is 9.69 Å². The number of carbonyl (C=O) groups excluding carboxylic acids is 1. The fourth-order valence-corrected chi connectivity index (χ4v) is 3.14. The van der Waals surface area contributed by atoms with Gasteiger partial charge in [-0.15, -0.1) is 24.8 Å². The van der Waals surface area contributed by atoms with Crippen LogP contribution in [0.25, 0.3) is 0 Å². The van der Waals surface area contributed by atoms with E-state index < -0.39 is 6.10 Å². The normalized spacial score (nSPS) is 15.7. The van der Waals surface area contributed by atoms with E-state index in [1.165, 1.54) is 0 Å². The second-order valence-electron chi connectivity index (χ2n) is 6.56. The van der Waals surface area contributed by atoms with Crippen LogP contribution in [0.3, 0.4) is 0 Å². The second-order valence-corrected chi connectivity index (χ2v) is 6.56. The van der Waals surface area contributed by atoms with E-state index in [1.807, 2.05) is 35.2 Å². The van der Waals surface area contributed by atoms with Gasteiger partial charge < -0.3 is 15.7 Å². The first-order valence-electron chi connectivity index (χ1n) is 9.14. The molecular formula is C19H33Cl2N3O2. The summed E-state index contributed by atoms with van der Waals surface area (Å²) in [5.74, 6) is 0.269. The molecule has 0 aromatic heterocycles. The standard InChI is InChI=1S/C19H31N3O2.2ClH/c20-11-7-2-1-6-10-19(24)22-14-12-21(13-15-22)16-18(23)17-8-4-3-5-9-17;;/h3-5,8-9,18,23H,1-2,6-7,10-16,20H2;2*1H. The maximum atomic E-state index is 12.2. The number of hydrogen-bond donors (Lipinski definition) is 2. The summed E-state index contributed by atoms with van der Waals surface area (Å²) in [6.45, 7) is 4.58. The van der Waals surface area contributed by atoms with E-state index in [0.717, 1.165) is 64.0 Å². The lowest BCUT2D eigenvalue weighted by atomic mass is 10.1. The summed E-state index contributed by atoms with van der Waals surface area (Å²) in [5.41, 5.74) is 6.43. The van der Waals surface area contributed by atoms with Gasteiger partial charge in [-0.1, -0.05) is 43.2 Å². The molecule has 1 heterocycles. The largest absolute Gasteiger partial charge is 0.387 e. The van der Waals surface area contributed by atoms with Crippen molar-refractivity contribution in [3.8, 4) is 0 Å². The van der Waals surface area contributed by atoms with E-state index >= 15 is 0 Å². The number of nitrogens with zero attached hydrogens (tertiary/aromatic N) is 2. The van der Waals surface area contributed by atoms with Gasteiger partial charge in [0.1, 0.15) is 0 Å². The first-order chi connectivity index (χ1) is 11.7. The Morgan fingerprint density at radius 2 is 1.62 bits per heavy atom. The van der Waals surface area contributed by atoms with Crippen LogP contribution >= 0.6 is 24.8 Å². The minimum Gasteiger partial charge on any atom is -0.387 e. The number of hydrogen-bond acceptors (Lipinski definition) is 4. The van der Waals surface area contributed by atoms with Crippen LogP contribution in [0.4, 0.5) is 0 Å². The zero-order valence-electron chi connectivity index (χ0n) is 15.4. The molecule has 1 fully saturated rings. The fraction of sp³-hybridized carbons (Fsp3) is 0.632. The van der Waals surface area contributed by atoms with Gasteiger partial charge >= 0.3 is 0 Å². The number of benzene rings is 1. The van der Waals surface area contributed by atoms with E-state index in [1.54, 1.807) is 0 Å². The van der Waals surface area contributed by atoms with Gasteiger partial charge in [-0.25, -0.2) is 0 Å². The van der Waals surface area contributed by atoms with Crippen LogP contribution in [-0.4, -0.2) is 60.1 Å². The SMILES string of the molecule is Cl.Cl.NCCCCCCC(=O)N1CCN(CC(O)c2ccccc2)CC1. The molecule has 0 saturated carbocycles. The van der Waals surface area contributed by atoms with E-state index in [0.29, 0.717) is 13.0 Å². The molecule has 5 nitrogen and oxygen atoms in total. The van der Waals surface area contributed by atoms with Crippen LogP contribution in [0.2, 0.25) is 0 Å². The zero-order chi connectivity index (χ0) is 17.2. The van der Waals surface area contributed by atoms with Crippen LogP contribution in [0.5, 0.6) is 0 Å². The van der Waals surface area contributed by atoms with Gasteiger partial charge in [0, 0.05) is 39.1 Å². The van der Waals surface area contributed by atoms with Crippen LogP contribution < -0.4 is 5.73 Å². The maximum Gasteiger partial charge on any atom is 0.222 e. The molecule has 1 aliphatic rings. The fourth-order valence-electron chi connectivity index (χ4n) is 3.14. The first-order valence-corrected chi connectivity index (χ1v) is 9.14. The van der Waals surface area contributed by atoms with Gasteiger partial charge in [-0.2, -0.15) is 0 Å². The molecule has 1 saturated heterocycles. The summed E-state index contributed by atoms with van der Waals surface area (Å²) >= 11 is 0. The van der Waals surface area contributed by atoms with Crippen molar-refractivity contribution >= 4 is 30.7 Å². The molecule has 3 N–H and O–H groups in total. The Labute approximate surface area is 169 Å². The van der Waals surface area contributed by atoms with E-state index in [2.05, 4.69) is 4.90 Å². The predicted molar refractivity (Wildman–Crippen MR) is 111 cm³/mol. The summed E-state index contributed by atoms with van der Waals surface area (Å²) in [7, 11) is 0. The third kappa shape index (κ3) is 8.69. The Kier molecular flexibility index (Phi) is 13.8. The predicted octanol–water partition coefficient (Wildman–Crippen LogP) is 2.62. The Morgan fingerprint density at radius 1 is 1.00 bits per heavy atom. The number of β-amino-alcohol motifs (C(OH)–C–C–N with tert-alkyl or cyclic N) is 1. The number of carbonyl (C=O) groups is 1. The lowest BCUT2D eigenvalue weighted by Gasteiger charge is -2.35. The monoisotopic (exact) mass is 405 g/mol. The molecule has 0 bridgehead atoms. The number of aliphatic hydroxyl groups is 1. The highest BCUT2D eigenvalue weighted by Crippen LogP contribution is 2.15. The molecule has 150 valence electrons. The van der Waals surface area contributed by atoms with E-state index in [4.69, 9.17) is 5.73 Å². The molecule has 0 aliphatic carbocycles. The van der Waals surface area contributed by atoms with Crippen LogP contribution in [-0.2, 0) is 4.79 Å². The Hall–Kier alpha value is -0.850. The highest BCUT2D eigenvalue weighted by Gasteiger charge is 2.22. The Morgan fingerprint density at radius 3 is 2.23 bits per heavy atom. The second kappa shape index (κ2) is 14.2. The molecule has 1 unspecified atom stereocenters. The van der Waals surface area contributed by atoms with Crippen molar-refractivity contribution in [2.24, 2.45) is 5.73 Å². The number of rotatable bonds is 9. The summed E-state index contributed by atoms with van der Waals surface area (Å²) in [4.78, 5) is 16.4. The van der Waals surface area contributed by atoms with Gasteiger partial charge in [-0.05, 0) is 24.9 Å². The number of piperazine rings is 1. The number of halogens is 2. The quantitative estimate of drug-likeness (QED) is 0.619. The number of aliphatic hydroxyl groups excluding tert-OH is 1. The highest BCUT2D eigenvalue weighted by molar-refractivity contribution is 5.85. The van der Waals surface area contributed by atoms with E-state index in [-0.39, 0.29) is 30.7 Å². The molecule has 2 rings (SSSR count). The molecule has 7 heteroatoms. The molecule has 1 atom stereocenters. The third-order valence-electron chi connectivity index (χ3n) is 4.69. The average Bonchev–Trinajstić information content (AvgIpc) is 2.62. The van der Waals surface area contributed by atoms with Gasteiger partial charge in [0.05, 0.1) is 6.10 Å². The summed E-state index contributed by atoms with van der Waals surface area (Å²) < 4.78 is 0. The molecule has 1 aromatic carbocycles. The van der Waals surface area contributed by atoms with Crippen molar-refractivity contribution in [3.63, 3.8) is 0 Å². The van der Waals surface area contributed by atoms with Crippen molar-refractivity contribution in [2.45, 2.75) is 38.2 Å². The minimum atomic E-state index is -0.462. The molecule has 1 aliphatic heterocycles. The van der Waals surface area contributed by atoms with Gasteiger partial charge in [0.25, 0.3) is 0 Å². The van der Waals surface area contributed by atoms with Crippen LogP contribution in [0, 0.1) is 0 Å². The first kappa shape index (κ1) is 25.1. The van der Waals surface area contributed by atoms with Crippen LogP contribution in [0.1, 0.15) is 43.8 Å².